The molecule has 0 aliphatic carbocycles. The van der Waals surface area contributed by atoms with Crippen LogP contribution in [-0.4, -0.2) is 39.4 Å². The van der Waals surface area contributed by atoms with E-state index in [4.69, 9.17) is 9.72 Å². The largest absolute Gasteiger partial charge is 0.376 e. The van der Waals surface area contributed by atoms with Gasteiger partial charge in [0.15, 0.2) is 0 Å². The van der Waals surface area contributed by atoms with Gasteiger partial charge in [0, 0.05) is 55.0 Å². The molecule has 0 radical (unpaired) electrons. The van der Waals surface area contributed by atoms with E-state index in [0.29, 0.717) is 25.3 Å². The van der Waals surface area contributed by atoms with E-state index in [1.54, 1.807) is 24.5 Å². The maximum atomic E-state index is 12.3. The van der Waals surface area contributed by atoms with Gasteiger partial charge in [0.2, 0.25) is 0 Å². The molecule has 0 aromatic carbocycles. The third-order valence-corrected chi connectivity index (χ3v) is 5.54. The van der Waals surface area contributed by atoms with Crippen LogP contribution in [0.3, 0.4) is 0 Å². The summed E-state index contributed by atoms with van der Waals surface area (Å²) in [6.45, 7) is 3.19. The average molecular weight is 400 g/mol. The van der Waals surface area contributed by atoms with Crippen molar-refractivity contribution < 1.29 is 4.74 Å². The van der Waals surface area contributed by atoms with Crippen molar-refractivity contribution in [2.24, 2.45) is 5.92 Å². The zero-order valence-corrected chi connectivity index (χ0v) is 16.4. The molecule has 0 bridgehead atoms. The summed E-state index contributed by atoms with van der Waals surface area (Å²) < 4.78 is 6.99. The maximum Gasteiger partial charge on any atom is 0.266 e. The highest BCUT2D eigenvalue weighted by Crippen LogP contribution is 2.29. The topological polar surface area (TPSA) is 96.9 Å². The maximum absolute atomic E-state index is 12.3. The van der Waals surface area contributed by atoms with Crippen LogP contribution in [0.25, 0.3) is 11.3 Å². The Morgan fingerprint density at radius 1 is 1.27 bits per heavy atom. The summed E-state index contributed by atoms with van der Waals surface area (Å²) in [5.74, 6) is 1.01. The summed E-state index contributed by atoms with van der Waals surface area (Å²) in [6, 6.07) is 11.2. The number of rotatable bonds is 4. The van der Waals surface area contributed by atoms with Crippen molar-refractivity contribution in [3.63, 3.8) is 0 Å². The van der Waals surface area contributed by atoms with Crippen molar-refractivity contribution in [3.05, 3.63) is 69.9 Å². The molecular formula is C22H20N6O2. The molecule has 30 heavy (non-hydrogen) atoms. The Hall–Kier alpha value is -3.57. The molecule has 0 spiro atoms. The molecule has 0 unspecified atom stereocenters. The summed E-state index contributed by atoms with van der Waals surface area (Å²) in [6.07, 6.45) is 4.21. The molecule has 0 saturated carbocycles. The van der Waals surface area contributed by atoms with E-state index in [0.717, 1.165) is 47.8 Å². The molecule has 0 amide bonds. The highest BCUT2D eigenvalue weighted by molar-refractivity contribution is 5.58. The number of nitriles is 1. The minimum absolute atomic E-state index is 0.120. The van der Waals surface area contributed by atoms with E-state index in [2.05, 4.69) is 21.1 Å². The Kier molecular flexibility index (Phi) is 4.73. The van der Waals surface area contributed by atoms with E-state index in [1.165, 1.54) is 4.68 Å². The van der Waals surface area contributed by atoms with Crippen LogP contribution in [-0.2, 0) is 24.3 Å². The van der Waals surface area contributed by atoms with Crippen molar-refractivity contribution in [2.75, 3.05) is 24.6 Å². The molecule has 1 saturated heterocycles. The quantitative estimate of drug-likeness (QED) is 0.658. The zero-order valence-electron chi connectivity index (χ0n) is 16.4. The minimum Gasteiger partial charge on any atom is -0.376 e. The average Bonchev–Trinajstić information content (AvgIpc) is 2.77. The molecule has 0 N–H and O–H groups in total. The van der Waals surface area contributed by atoms with Crippen LogP contribution in [0.1, 0.15) is 16.8 Å². The summed E-state index contributed by atoms with van der Waals surface area (Å²) in [5.41, 5.74) is 4.08. The highest BCUT2D eigenvalue weighted by atomic mass is 16.5. The fourth-order valence-corrected chi connectivity index (χ4v) is 3.95. The Bertz CT molecular complexity index is 1180. The van der Waals surface area contributed by atoms with Crippen molar-refractivity contribution in [3.8, 4) is 17.3 Å². The summed E-state index contributed by atoms with van der Waals surface area (Å²) >= 11 is 0. The molecule has 5 rings (SSSR count). The van der Waals surface area contributed by atoms with Gasteiger partial charge in [-0.2, -0.15) is 10.4 Å². The van der Waals surface area contributed by atoms with Crippen molar-refractivity contribution in [1.82, 2.24) is 19.7 Å². The fourth-order valence-electron chi connectivity index (χ4n) is 3.95. The van der Waals surface area contributed by atoms with Crippen molar-refractivity contribution in [1.29, 1.82) is 5.26 Å². The monoisotopic (exact) mass is 400 g/mol. The summed E-state index contributed by atoms with van der Waals surface area (Å²) in [7, 11) is 0. The van der Waals surface area contributed by atoms with E-state index in [1.807, 2.05) is 18.2 Å². The van der Waals surface area contributed by atoms with Gasteiger partial charge in [0.1, 0.15) is 11.9 Å². The Balaban J connectivity index is 1.32. The molecule has 2 aliphatic rings. The SMILES string of the molecule is N#Cc1cc2c(nc1N1CC(Cn3nc(-c4cccnc4)ccc3=O)C1)CCOC2. The van der Waals surface area contributed by atoms with Gasteiger partial charge in [-0.05, 0) is 24.3 Å². The number of fused-ring (bicyclic) bond motifs is 1. The first-order valence-electron chi connectivity index (χ1n) is 9.95. The molecule has 3 aromatic rings. The van der Waals surface area contributed by atoms with Gasteiger partial charge in [-0.25, -0.2) is 9.67 Å². The number of nitrogens with zero attached hydrogens (tertiary/aromatic N) is 6. The van der Waals surface area contributed by atoms with Gasteiger partial charge in [-0.1, -0.05) is 0 Å². The summed E-state index contributed by atoms with van der Waals surface area (Å²) in [5, 5.41) is 14.1. The molecule has 8 heteroatoms. The second-order valence-corrected chi connectivity index (χ2v) is 7.63. The fraction of sp³-hybridized carbons (Fsp3) is 0.318. The molecule has 0 atom stereocenters. The predicted octanol–water partition coefficient (Wildman–Crippen LogP) is 1.78. The molecular weight excluding hydrogens is 380 g/mol. The van der Waals surface area contributed by atoms with Crippen LogP contribution in [0, 0.1) is 17.2 Å². The number of ether oxygens (including phenoxy) is 1. The summed E-state index contributed by atoms with van der Waals surface area (Å²) in [4.78, 5) is 23.3. The predicted molar refractivity (Wildman–Crippen MR) is 110 cm³/mol. The van der Waals surface area contributed by atoms with Gasteiger partial charge in [-0.15, -0.1) is 0 Å². The van der Waals surface area contributed by atoms with Crippen LogP contribution in [0.2, 0.25) is 0 Å². The Morgan fingerprint density at radius 2 is 2.17 bits per heavy atom. The zero-order chi connectivity index (χ0) is 20.5. The van der Waals surface area contributed by atoms with E-state index < -0.39 is 0 Å². The molecule has 1 fully saturated rings. The molecule has 2 aliphatic heterocycles. The highest BCUT2D eigenvalue weighted by Gasteiger charge is 2.31. The number of hydrogen-bond donors (Lipinski definition) is 0. The lowest BCUT2D eigenvalue weighted by Crippen LogP contribution is -2.50. The first kappa shape index (κ1) is 18.5. The van der Waals surface area contributed by atoms with Crippen LogP contribution in [0.4, 0.5) is 5.82 Å². The smallest absolute Gasteiger partial charge is 0.266 e. The lowest BCUT2D eigenvalue weighted by Gasteiger charge is -2.41. The minimum atomic E-state index is -0.120. The number of hydrogen-bond acceptors (Lipinski definition) is 7. The van der Waals surface area contributed by atoms with E-state index in [-0.39, 0.29) is 11.5 Å². The van der Waals surface area contributed by atoms with Gasteiger partial charge in [-0.3, -0.25) is 9.78 Å². The molecule has 8 nitrogen and oxygen atoms in total. The second-order valence-electron chi connectivity index (χ2n) is 7.63. The van der Waals surface area contributed by atoms with Gasteiger partial charge in [0.25, 0.3) is 5.56 Å². The number of aromatic nitrogens is 4. The van der Waals surface area contributed by atoms with Gasteiger partial charge >= 0.3 is 0 Å². The third kappa shape index (κ3) is 3.44. The third-order valence-electron chi connectivity index (χ3n) is 5.54. The van der Waals surface area contributed by atoms with Crippen LogP contribution < -0.4 is 10.5 Å². The van der Waals surface area contributed by atoms with Crippen molar-refractivity contribution in [2.45, 2.75) is 19.6 Å². The van der Waals surface area contributed by atoms with E-state index in [9.17, 15) is 10.1 Å². The molecule has 150 valence electrons. The standard InChI is InChI=1S/C22H20N6O2/c23-9-17-8-18-14-30-7-5-19(18)25-22(17)27-11-15(12-27)13-28-21(29)4-3-20(26-28)16-2-1-6-24-10-16/h1-4,6,8,10,15H,5,7,11-14H2. The number of anilines is 1. The van der Waals surface area contributed by atoms with Crippen LogP contribution in [0.5, 0.6) is 0 Å². The Morgan fingerprint density at radius 3 is 2.97 bits per heavy atom. The normalized spacial score (nSPS) is 15.9. The lowest BCUT2D eigenvalue weighted by atomic mass is 9.98. The van der Waals surface area contributed by atoms with Crippen LogP contribution in [0.15, 0.2) is 47.5 Å². The van der Waals surface area contributed by atoms with Crippen LogP contribution >= 0.6 is 0 Å². The molecule has 3 aromatic heterocycles. The lowest BCUT2D eigenvalue weighted by molar-refractivity contribution is 0.109. The first-order chi connectivity index (χ1) is 14.7. The van der Waals surface area contributed by atoms with E-state index >= 15 is 0 Å². The molecule has 5 heterocycles. The van der Waals surface area contributed by atoms with Gasteiger partial charge < -0.3 is 9.64 Å². The first-order valence-corrected chi connectivity index (χ1v) is 9.95. The second kappa shape index (κ2) is 7.69. The van der Waals surface area contributed by atoms with Crippen molar-refractivity contribution >= 4 is 5.82 Å². The van der Waals surface area contributed by atoms with Gasteiger partial charge in [0.05, 0.1) is 36.7 Å². The number of pyridine rings is 2. The Labute approximate surface area is 173 Å².